The van der Waals surface area contributed by atoms with Crippen LogP contribution in [0.4, 0.5) is 4.79 Å². The van der Waals surface area contributed by atoms with Crippen LogP contribution in [0.25, 0.3) is 32.4 Å². The predicted molar refractivity (Wildman–Crippen MR) is 177 cm³/mol. The first-order valence-corrected chi connectivity index (χ1v) is 15.0. The number of imide groups is 1. The van der Waals surface area contributed by atoms with Gasteiger partial charge in [0.25, 0.3) is 0 Å². The normalized spacial score (nSPS) is 18.1. The maximum absolute atomic E-state index is 14.0. The Kier molecular flexibility index (Phi) is 8.10. The van der Waals surface area contributed by atoms with Crippen LogP contribution in [-0.4, -0.2) is 34.3 Å². The van der Waals surface area contributed by atoms with Crippen molar-refractivity contribution in [2.45, 2.75) is 44.4 Å². The third-order valence-corrected chi connectivity index (χ3v) is 8.73. The Hall–Kier alpha value is -5.05. The summed E-state index contributed by atoms with van der Waals surface area (Å²) in [5, 5.41) is 7.27. The van der Waals surface area contributed by atoms with E-state index in [9.17, 15) is 14.4 Å². The van der Waals surface area contributed by atoms with Crippen molar-refractivity contribution in [3.63, 3.8) is 0 Å². The minimum absolute atomic E-state index is 0.0408. The van der Waals surface area contributed by atoms with Crippen LogP contribution < -0.4 is 16.8 Å². The number of hydrogen-bond donors (Lipinski definition) is 4. The number of carbonyl (C=O) groups is 3. The molecule has 0 radical (unpaired) electrons. The van der Waals surface area contributed by atoms with E-state index in [0.717, 1.165) is 43.6 Å². The first-order valence-electron chi connectivity index (χ1n) is 15.0. The Labute approximate surface area is 261 Å². The van der Waals surface area contributed by atoms with Crippen LogP contribution in [0.5, 0.6) is 0 Å². The van der Waals surface area contributed by atoms with E-state index in [1.165, 1.54) is 6.92 Å². The van der Waals surface area contributed by atoms with Crippen LogP contribution in [-0.2, 0) is 27.4 Å². The molecule has 45 heavy (non-hydrogen) atoms. The number of amides is 2. The van der Waals surface area contributed by atoms with Crippen molar-refractivity contribution in [3.05, 3.63) is 120 Å². The van der Waals surface area contributed by atoms with Gasteiger partial charge >= 0.3 is 6.09 Å². The predicted octanol–water partition coefficient (Wildman–Crippen LogP) is 5.98. The van der Waals surface area contributed by atoms with Crippen LogP contribution in [0.3, 0.4) is 0 Å². The number of ether oxygens (including phenoxy) is 1. The first kappa shape index (κ1) is 30.0. The summed E-state index contributed by atoms with van der Waals surface area (Å²) in [6.07, 6.45) is 8.83. The van der Waals surface area contributed by atoms with Crippen molar-refractivity contribution in [1.29, 1.82) is 0 Å². The number of allylic oxidation sites excluding steroid dienone is 4. The molecule has 0 aliphatic heterocycles. The van der Waals surface area contributed by atoms with E-state index in [2.05, 4.69) is 16.4 Å². The highest BCUT2D eigenvalue weighted by Gasteiger charge is 2.46. The van der Waals surface area contributed by atoms with Gasteiger partial charge in [-0.3, -0.25) is 14.9 Å². The second-order valence-corrected chi connectivity index (χ2v) is 12.1. The van der Waals surface area contributed by atoms with Crippen LogP contribution >= 0.6 is 0 Å². The topological polar surface area (TPSA) is 140 Å². The molecule has 0 saturated carbocycles. The highest BCUT2D eigenvalue weighted by atomic mass is 16.5. The third kappa shape index (κ3) is 6.02. The molecule has 5 aromatic rings. The molecule has 0 spiro atoms. The molecule has 6 rings (SSSR count). The molecule has 1 aromatic heterocycles. The molecule has 1 heterocycles. The molecule has 0 saturated heterocycles. The van der Waals surface area contributed by atoms with Crippen LogP contribution in [0, 0.1) is 5.41 Å². The summed E-state index contributed by atoms with van der Waals surface area (Å²) in [6.45, 7) is 1.47. The number of fused-ring (bicyclic) bond motifs is 3. The lowest BCUT2D eigenvalue weighted by Gasteiger charge is -2.37. The number of ketones is 1. The molecule has 1 aliphatic carbocycles. The van der Waals surface area contributed by atoms with Crippen molar-refractivity contribution in [2.24, 2.45) is 16.9 Å². The summed E-state index contributed by atoms with van der Waals surface area (Å²) < 4.78 is 5.56. The van der Waals surface area contributed by atoms with E-state index in [1.807, 2.05) is 91.1 Å². The summed E-state index contributed by atoms with van der Waals surface area (Å²) >= 11 is 0. The lowest BCUT2D eigenvalue weighted by atomic mass is 9.67. The maximum Gasteiger partial charge on any atom is 0.414 e. The monoisotopic (exact) mass is 600 g/mol. The Bertz CT molecular complexity index is 1930. The van der Waals surface area contributed by atoms with Gasteiger partial charge in [0.05, 0.1) is 17.0 Å². The van der Waals surface area contributed by atoms with Crippen molar-refractivity contribution in [3.8, 4) is 0 Å². The Morgan fingerprint density at radius 2 is 1.60 bits per heavy atom. The van der Waals surface area contributed by atoms with Gasteiger partial charge < -0.3 is 21.2 Å². The van der Waals surface area contributed by atoms with Crippen LogP contribution in [0.1, 0.15) is 30.9 Å². The smallest absolute Gasteiger partial charge is 0.414 e. The summed E-state index contributed by atoms with van der Waals surface area (Å²) in [6, 6.07) is 24.8. The van der Waals surface area contributed by atoms with Gasteiger partial charge in [0.1, 0.15) is 6.61 Å². The number of aromatic amines is 1. The standard InChI is InChI=1S/C37H36N4O4/c1-36(39,23-37(17-9-2-10-18-37)33(42)31(38)20-26-21-40-32-16-8-7-15-29(26)32)34(43)41-35(44)45-22-30-27-13-5-3-11-24(27)19-25-12-4-6-14-28(25)30/h2-17,19,21,31,40H,18,20,22-23,38-39H2,1H3,(H,41,43,44)/t31-,36?,37?/m0/s1. The number of Topliss-reactive ketones (excluding diaryl/α,β-unsaturated/α-hetero) is 1. The van der Waals surface area contributed by atoms with Gasteiger partial charge in [-0.15, -0.1) is 0 Å². The van der Waals surface area contributed by atoms with E-state index in [-0.39, 0.29) is 18.8 Å². The maximum atomic E-state index is 14.0. The van der Waals surface area contributed by atoms with Crippen molar-refractivity contribution in [1.82, 2.24) is 10.3 Å². The molecule has 228 valence electrons. The SMILES string of the molecule is CC(N)(CC1(C(=O)[C@@H](N)Cc2c[nH]c3ccccc23)C=CC=CC1)C(=O)NC(=O)OCc1c2ccccc2cc2ccccc12. The molecule has 0 fully saturated rings. The highest BCUT2D eigenvalue weighted by Crippen LogP contribution is 2.38. The van der Waals surface area contributed by atoms with Gasteiger partial charge in [0, 0.05) is 22.7 Å². The van der Waals surface area contributed by atoms with Gasteiger partial charge in [-0.1, -0.05) is 91.0 Å². The van der Waals surface area contributed by atoms with Gasteiger partial charge in [0.2, 0.25) is 5.91 Å². The lowest BCUT2D eigenvalue weighted by molar-refractivity contribution is -0.131. The largest absolute Gasteiger partial charge is 0.444 e. The summed E-state index contributed by atoms with van der Waals surface area (Å²) in [4.78, 5) is 43.5. The Morgan fingerprint density at radius 3 is 2.27 bits per heavy atom. The van der Waals surface area contributed by atoms with Gasteiger partial charge in [0.15, 0.2) is 5.78 Å². The van der Waals surface area contributed by atoms with E-state index in [1.54, 1.807) is 12.2 Å². The average Bonchev–Trinajstić information content (AvgIpc) is 3.45. The molecular formula is C37H36N4O4. The molecule has 3 atom stereocenters. The van der Waals surface area contributed by atoms with Crippen LogP contribution in [0.15, 0.2) is 109 Å². The molecule has 2 amide bonds. The number of aromatic nitrogens is 1. The average molecular weight is 601 g/mol. The second-order valence-electron chi connectivity index (χ2n) is 12.1. The second kappa shape index (κ2) is 12.1. The van der Waals surface area contributed by atoms with E-state index in [4.69, 9.17) is 16.2 Å². The number of nitrogens with two attached hydrogens (primary N) is 2. The molecule has 8 heteroatoms. The number of nitrogens with one attached hydrogen (secondary N) is 2. The fourth-order valence-corrected chi connectivity index (χ4v) is 6.47. The number of rotatable bonds is 9. The number of alkyl carbamates (subject to hydrolysis) is 1. The zero-order valence-corrected chi connectivity index (χ0v) is 25.1. The fourth-order valence-electron chi connectivity index (χ4n) is 6.47. The van der Waals surface area contributed by atoms with Crippen molar-refractivity contribution < 1.29 is 19.1 Å². The Morgan fingerprint density at radius 1 is 0.956 bits per heavy atom. The van der Waals surface area contributed by atoms with Crippen LogP contribution in [0.2, 0.25) is 0 Å². The number of carbonyl (C=O) groups excluding carboxylic acids is 3. The first-order chi connectivity index (χ1) is 21.7. The molecule has 8 nitrogen and oxygen atoms in total. The molecule has 2 unspecified atom stereocenters. The van der Waals surface area contributed by atoms with Gasteiger partial charge in [-0.05, 0) is 65.4 Å². The minimum Gasteiger partial charge on any atom is -0.444 e. The summed E-state index contributed by atoms with van der Waals surface area (Å²) in [5.41, 5.74) is 13.1. The number of H-pyrrole nitrogens is 1. The van der Waals surface area contributed by atoms with E-state index < -0.39 is 29.0 Å². The summed E-state index contributed by atoms with van der Waals surface area (Å²) in [5.74, 6) is -0.959. The van der Waals surface area contributed by atoms with Gasteiger partial charge in [-0.25, -0.2) is 4.79 Å². The summed E-state index contributed by atoms with van der Waals surface area (Å²) in [7, 11) is 0. The fraction of sp³-hybridized carbons (Fsp3) is 0.216. The van der Waals surface area contributed by atoms with Crippen molar-refractivity contribution in [2.75, 3.05) is 0 Å². The number of benzene rings is 4. The molecule has 1 aliphatic rings. The molecular weight excluding hydrogens is 564 g/mol. The molecule has 4 aromatic carbocycles. The van der Waals surface area contributed by atoms with E-state index >= 15 is 0 Å². The quantitative estimate of drug-likeness (QED) is 0.154. The lowest BCUT2D eigenvalue weighted by Crippen LogP contribution is -2.58. The zero-order valence-electron chi connectivity index (χ0n) is 25.1. The Balaban J connectivity index is 1.15. The van der Waals surface area contributed by atoms with Gasteiger partial charge in [-0.2, -0.15) is 0 Å². The van der Waals surface area contributed by atoms with E-state index in [0.29, 0.717) is 12.8 Å². The highest BCUT2D eigenvalue weighted by molar-refractivity contribution is 6.03. The van der Waals surface area contributed by atoms with Crippen molar-refractivity contribution >= 4 is 50.2 Å². The molecule has 0 bridgehead atoms. The number of hydrogen-bond acceptors (Lipinski definition) is 6. The third-order valence-electron chi connectivity index (χ3n) is 8.73. The number of para-hydroxylation sites is 1. The minimum atomic E-state index is -1.59. The molecule has 6 N–H and O–H groups in total. The zero-order chi connectivity index (χ0) is 31.6.